The Hall–Kier alpha value is -1.58. The molecule has 2 rings (SSSR count). The molecule has 0 spiro atoms. The summed E-state index contributed by atoms with van der Waals surface area (Å²) < 4.78 is 0. The van der Waals surface area contributed by atoms with Crippen molar-refractivity contribution in [3.63, 3.8) is 0 Å². The van der Waals surface area contributed by atoms with E-state index in [0.29, 0.717) is 25.7 Å². The van der Waals surface area contributed by atoms with Gasteiger partial charge >= 0.3 is 0 Å². The maximum absolute atomic E-state index is 12.4. The second kappa shape index (κ2) is 8.01. The van der Waals surface area contributed by atoms with Crippen LogP contribution in [0.2, 0.25) is 0 Å². The zero-order valence-corrected chi connectivity index (χ0v) is 12.6. The van der Waals surface area contributed by atoms with Gasteiger partial charge in [0.05, 0.1) is 0 Å². The highest BCUT2D eigenvalue weighted by Gasteiger charge is 2.23. The predicted octanol–water partition coefficient (Wildman–Crippen LogP) is 0.0290. The van der Waals surface area contributed by atoms with Crippen LogP contribution in [-0.2, 0) is 4.79 Å². The summed E-state index contributed by atoms with van der Waals surface area (Å²) in [6.07, 6.45) is 6.32. The minimum absolute atomic E-state index is 0.157. The molecule has 3 N–H and O–H groups in total. The first-order valence-corrected chi connectivity index (χ1v) is 7.82. The Bertz CT molecular complexity index is 414. The number of carbonyl (C=O) groups is 1. The van der Waals surface area contributed by atoms with Crippen molar-refractivity contribution in [2.24, 2.45) is 5.73 Å². The van der Waals surface area contributed by atoms with E-state index in [1.807, 2.05) is 6.07 Å². The van der Waals surface area contributed by atoms with E-state index in [4.69, 9.17) is 5.73 Å². The number of hydrogen-bond donors (Lipinski definition) is 2. The molecule has 116 valence electrons. The summed E-state index contributed by atoms with van der Waals surface area (Å²) >= 11 is 0. The van der Waals surface area contributed by atoms with Crippen LogP contribution < -0.4 is 11.1 Å². The Morgan fingerprint density at radius 1 is 1.29 bits per heavy atom. The third kappa shape index (κ3) is 4.45. The fraction of sp³-hybridized carbons (Fsp3) is 0.733. The van der Waals surface area contributed by atoms with E-state index >= 15 is 0 Å². The number of nitriles is 1. The molecule has 1 aliphatic carbocycles. The number of nitrogens with zero attached hydrogens (tertiary/aromatic N) is 3. The van der Waals surface area contributed by atoms with E-state index in [2.05, 4.69) is 10.2 Å². The molecular weight excluding hydrogens is 266 g/mol. The van der Waals surface area contributed by atoms with Crippen molar-refractivity contribution < 1.29 is 4.79 Å². The molecule has 0 aromatic heterocycles. The first-order chi connectivity index (χ1) is 10.2. The van der Waals surface area contributed by atoms with Gasteiger partial charge in [0.1, 0.15) is 11.6 Å². The molecule has 6 heteroatoms. The SMILES string of the molecule is N#C/C(=C/NC1CCCC1)C(=O)N1CCN(CCN)CC1. The first kappa shape index (κ1) is 15.8. The summed E-state index contributed by atoms with van der Waals surface area (Å²) in [7, 11) is 0. The van der Waals surface area contributed by atoms with Gasteiger partial charge in [-0.05, 0) is 12.8 Å². The highest BCUT2D eigenvalue weighted by Crippen LogP contribution is 2.17. The molecule has 2 fully saturated rings. The molecule has 1 saturated heterocycles. The van der Waals surface area contributed by atoms with Gasteiger partial charge in [0.15, 0.2) is 0 Å². The molecule has 0 atom stereocenters. The van der Waals surface area contributed by atoms with Gasteiger partial charge < -0.3 is 16.0 Å². The van der Waals surface area contributed by atoms with E-state index in [1.54, 1.807) is 11.1 Å². The van der Waals surface area contributed by atoms with Gasteiger partial charge in [-0.15, -0.1) is 0 Å². The van der Waals surface area contributed by atoms with Crippen LogP contribution in [0.25, 0.3) is 0 Å². The Morgan fingerprint density at radius 2 is 1.95 bits per heavy atom. The lowest BCUT2D eigenvalue weighted by Crippen LogP contribution is -2.50. The Labute approximate surface area is 126 Å². The fourth-order valence-corrected chi connectivity index (χ4v) is 2.96. The van der Waals surface area contributed by atoms with Crippen LogP contribution in [0.3, 0.4) is 0 Å². The quantitative estimate of drug-likeness (QED) is 0.551. The summed E-state index contributed by atoms with van der Waals surface area (Å²) in [6, 6.07) is 2.45. The smallest absolute Gasteiger partial charge is 0.266 e. The van der Waals surface area contributed by atoms with Crippen molar-refractivity contribution in [3.8, 4) is 6.07 Å². The molecule has 0 aromatic rings. The fourth-order valence-electron chi connectivity index (χ4n) is 2.96. The van der Waals surface area contributed by atoms with Gasteiger partial charge in [-0.1, -0.05) is 12.8 Å². The Morgan fingerprint density at radius 3 is 2.52 bits per heavy atom. The average molecular weight is 291 g/mol. The molecule has 0 radical (unpaired) electrons. The van der Waals surface area contributed by atoms with Crippen LogP contribution in [0, 0.1) is 11.3 Å². The Balaban J connectivity index is 1.85. The molecule has 1 aliphatic heterocycles. The number of hydrogen-bond acceptors (Lipinski definition) is 5. The highest BCUT2D eigenvalue weighted by molar-refractivity contribution is 5.97. The van der Waals surface area contributed by atoms with Gasteiger partial charge in [-0.2, -0.15) is 5.26 Å². The van der Waals surface area contributed by atoms with Crippen LogP contribution in [0.4, 0.5) is 0 Å². The van der Waals surface area contributed by atoms with E-state index < -0.39 is 0 Å². The molecule has 1 amide bonds. The van der Waals surface area contributed by atoms with Crippen LogP contribution in [0.5, 0.6) is 0 Å². The zero-order valence-electron chi connectivity index (χ0n) is 12.6. The topological polar surface area (TPSA) is 85.4 Å². The second-order valence-corrected chi connectivity index (χ2v) is 5.74. The minimum atomic E-state index is -0.157. The van der Waals surface area contributed by atoms with Crippen molar-refractivity contribution >= 4 is 5.91 Å². The van der Waals surface area contributed by atoms with Crippen molar-refractivity contribution in [3.05, 3.63) is 11.8 Å². The van der Waals surface area contributed by atoms with Crippen molar-refractivity contribution in [1.29, 1.82) is 5.26 Å². The lowest BCUT2D eigenvalue weighted by Gasteiger charge is -2.34. The van der Waals surface area contributed by atoms with Gasteiger partial charge in [0.2, 0.25) is 0 Å². The number of carbonyl (C=O) groups excluding carboxylic acids is 1. The number of nitrogens with one attached hydrogen (secondary N) is 1. The summed E-state index contributed by atoms with van der Waals surface area (Å²) in [6.45, 7) is 4.51. The highest BCUT2D eigenvalue weighted by atomic mass is 16.2. The summed E-state index contributed by atoms with van der Waals surface area (Å²) in [5.74, 6) is -0.157. The molecule has 1 saturated carbocycles. The number of amides is 1. The summed E-state index contributed by atoms with van der Waals surface area (Å²) in [5, 5.41) is 12.4. The van der Waals surface area contributed by atoms with E-state index in [-0.39, 0.29) is 11.5 Å². The lowest BCUT2D eigenvalue weighted by atomic mass is 10.2. The molecular formula is C15H25N5O. The minimum Gasteiger partial charge on any atom is -0.387 e. The second-order valence-electron chi connectivity index (χ2n) is 5.74. The molecule has 0 bridgehead atoms. The number of nitrogens with two attached hydrogens (primary N) is 1. The van der Waals surface area contributed by atoms with Gasteiger partial charge in [0.25, 0.3) is 5.91 Å². The molecule has 0 unspecified atom stereocenters. The average Bonchev–Trinajstić information content (AvgIpc) is 3.02. The maximum Gasteiger partial charge on any atom is 0.266 e. The maximum atomic E-state index is 12.4. The number of piperazine rings is 1. The van der Waals surface area contributed by atoms with Gasteiger partial charge in [0, 0.05) is 51.5 Å². The molecule has 6 nitrogen and oxygen atoms in total. The molecule has 1 heterocycles. The third-order valence-corrected chi connectivity index (χ3v) is 4.27. The monoisotopic (exact) mass is 291 g/mol. The van der Waals surface area contributed by atoms with Crippen LogP contribution >= 0.6 is 0 Å². The van der Waals surface area contributed by atoms with Crippen molar-refractivity contribution in [1.82, 2.24) is 15.1 Å². The lowest BCUT2D eigenvalue weighted by molar-refractivity contribution is -0.128. The molecule has 21 heavy (non-hydrogen) atoms. The van der Waals surface area contributed by atoms with Gasteiger partial charge in [-0.3, -0.25) is 9.69 Å². The molecule has 2 aliphatic rings. The number of rotatable bonds is 5. The van der Waals surface area contributed by atoms with Crippen LogP contribution in [0.1, 0.15) is 25.7 Å². The first-order valence-electron chi connectivity index (χ1n) is 7.82. The normalized spacial score (nSPS) is 21.3. The third-order valence-electron chi connectivity index (χ3n) is 4.27. The Kier molecular flexibility index (Phi) is 6.03. The van der Waals surface area contributed by atoms with E-state index in [9.17, 15) is 10.1 Å². The standard InChI is InChI=1S/C15H25N5O/c16-5-6-19-7-9-20(10-8-19)15(21)13(11-17)12-18-14-3-1-2-4-14/h12,14,18H,1-10,16H2/b13-12-. The van der Waals surface area contributed by atoms with Crippen molar-refractivity contribution in [2.45, 2.75) is 31.7 Å². The summed E-state index contributed by atoms with van der Waals surface area (Å²) in [4.78, 5) is 16.4. The largest absolute Gasteiger partial charge is 0.387 e. The summed E-state index contributed by atoms with van der Waals surface area (Å²) in [5.41, 5.74) is 5.76. The van der Waals surface area contributed by atoms with Crippen LogP contribution in [0.15, 0.2) is 11.8 Å². The van der Waals surface area contributed by atoms with Crippen LogP contribution in [-0.4, -0.2) is 61.0 Å². The van der Waals surface area contributed by atoms with Crippen molar-refractivity contribution in [2.75, 3.05) is 39.3 Å². The molecule has 0 aromatic carbocycles. The van der Waals surface area contributed by atoms with Gasteiger partial charge in [-0.25, -0.2) is 0 Å². The zero-order chi connectivity index (χ0) is 15.1. The van der Waals surface area contributed by atoms with E-state index in [0.717, 1.165) is 32.5 Å². The predicted molar refractivity (Wildman–Crippen MR) is 81.2 cm³/mol. The van der Waals surface area contributed by atoms with E-state index in [1.165, 1.54) is 12.8 Å².